The van der Waals surface area contributed by atoms with Crippen molar-refractivity contribution >= 4 is 67.0 Å². The lowest BCUT2D eigenvalue weighted by Crippen LogP contribution is -2.17. The standard InChI is InChI=1S/C20H17N13O7S3/c1-9-14(15(22)33(30-9)18-25-17(26-19(34)27-18)23-4-5-43(36,37)38)28-29-16-10(7-21)8-32(31-16)20-24-12-3-2-11(42-40-39-35)6-13(12)41-20/h2-3,6,8,35H,4-5,22H2,1H3,(H,36,37,38)(H2,23,25,26,27,34)/b29-28+. The molecule has 0 saturated carbocycles. The van der Waals surface area contributed by atoms with E-state index in [2.05, 4.69) is 55.1 Å². The maximum atomic E-state index is 10.9. The number of hydrogen-bond acceptors (Lipinski definition) is 19. The molecule has 0 aliphatic rings. The number of benzene rings is 1. The molecule has 0 amide bonds. The minimum atomic E-state index is -4.24. The summed E-state index contributed by atoms with van der Waals surface area (Å²) in [5, 5.41) is 51.3. The van der Waals surface area contributed by atoms with Crippen LogP contribution >= 0.6 is 23.4 Å². The first kappa shape index (κ1) is 29.7. The van der Waals surface area contributed by atoms with E-state index in [1.807, 2.05) is 6.07 Å². The number of azo groups is 1. The van der Waals surface area contributed by atoms with E-state index in [1.54, 1.807) is 25.1 Å². The molecule has 5 rings (SSSR count). The van der Waals surface area contributed by atoms with Gasteiger partial charge < -0.3 is 16.2 Å². The highest BCUT2D eigenvalue weighted by Crippen LogP contribution is 2.33. The fraction of sp³-hybridized carbons (Fsp3) is 0.150. The van der Waals surface area contributed by atoms with Gasteiger partial charge in [-0.2, -0.15) is 38.4 Å². The Balaban J connectivity index is 1.40. The summed E-state index contributed by atoms with van der Waals surface area (Å²) in [4.78, 5) is 16.6. The highest BCUT2D eigenvalue weighted by Gasteiger charge is 2.19. The van der Waals surface area contributed by atoms with Gasteiger partial charge in [0.25, 0.3) is 16.1 Å². The summed E-state index contributed by atoms with van der Waals surface area (Å²) in [5.41, 5.74) is 7.35. The molecule has 0 radical (unpaired) electrons. The zero-order chi connectivity index (χ0) is 30.7. The third-order valence-electron chi connectivity index (χ3n) is 5.27. The van der Waals surface area contributed by atoms with Gasteiger partial charge in [0.05, 0.1) is 39.9 Å². The second kappa shape index (κ2) is 12.2. The van der Waals surface area contributed by atoms with Crippen molar-refractivity contribution in [3.05, 3.63) is 35.7 Å². The van der Waals surface area contributed by atoms with Crippen molar-refractivity contribution in [2.45, 2.75) is 11.8 Å². The topological polar surface area (TPSA) is 287 Å². The molecule has 5 aromatic rings. The Morgan fingerprint density at radius 2 is 2.05 bits per heavy atom. The van der Waals surface area contributed by atoms with Crippen LogP contribution in [0.4, 0.5) is 23.3 Å². The quantitative estimate of drug-likeness (QED) is 0.0452. The first-order valence-corrected chi connectivity index (χ1v) is 14.7. The van der Waals surface area contributed by atoms with Crippen LogP contribution in [-0.4, -0.2) is 75.1 Å². The van der Waals surface area contributed by atoms with Gasteiger partial charge in [-0.05, 0) is 25.1 Å². The SMILES string of the molecule is Cc1nn(-c2nc(O)nc(NCCS(=O)(=O)O)n2)c(N)c1/N=N/c1nn(-c2nc3ccc(SOOO)cc3s2)cc1C#N. The average molecular weight is 648 g/mol. The van der Waals surface area contributed by atoms with Crippen molar-refractivity contribution in [2.24, 2.45) is 10.2 Å². The smallest absolute Gasteiger partial charge is 0.320 e. The van der Waals surface area contributed by atoms with Gasteiger partial charge >= 0.3 is 6.01 Å². The number of nitrogen functional groups attached to an aromatic ring is 1. The summed E-state index contributed by atoms with van der Waals surface area (Å²) in [6, 6.07) is 6.51. The molecule has 6 N–H and O–H groups in total. The van der Waals surface area contributed by atoms with Crippen molar-refractivity contribution in [2.75, 3.05) is 23.3 Å². The van der Waals surface area contributed by atoms with Crippen LogP contribution in [0.1, 0.15) is 11.3 Å². The largest absolute Gasteiger partial charge is 0.479 e. The summed E-state index contributed by atoms with van der Waals surface area (Å²) in [6.45, 7) is 1.32. The molecule has 0 aliphatic carbocycles. The van der Waals surface area contributed by atoms with Crippen LogP contribution in [0.15, 0.2) is 39.5 Å². The molecule has 0 atom stereocenters. The second-order valence-electron chi connectivity index (χ2n) is 8.18. The molecule has 0 bridgehead atoms. The van der Waals surface area contributed by atoms with Gasteiger partial charge in [-0.15, -0.1) is 19.7 Å². The number of thiazole rings is 1. The first-order valence-electron chi connectivity index (χ1n) is 11.5. The van der Waals surface area contributed by atoms with E-state index < -0.39 is 21.9 Å². The van der Waals surface area contributed by atoms with Gasteiger partial charge in [0.2, 0.25) is 16.9 Å². The van der Waals surface area contributed by atoms with Crippen molar-refractivity contribution in [3.63, 3.8) is 0 Å². The minimum Gasteiger partial charge on any atom is -0.479 e. The summed E-state index contributed by atoms with van der Waals surface area (Å²) in [5.74, 6) is -1.16. The van der Waals surface area contributed by atoms with E-state index in [1.165, 1.54) is 22.2 Å². The normalized spacial score (nSPS) is 11.9. The van der Waals surface area contributed by atoms with E-state index in [0.29, 0.717) is 15.5 Å². The summed E-state index contributed by atoms with van der Waals surface area (Å²) in [6.07, 6.45) is 1.44. The second-order valence-corrected chi connectivity index (χ2v) is 11.5. The maximum Gasteiger partial charge on any atom is 0.320 e. The zero-order valence-electron chi connectivity index (χ0n) is 21.4. The molecule has 4 aromatic heterocycles. The molecule has 4 heterocycles. The van der Waals surface area contributed by atoms with Gasteiger partial charge in [0, 0.05) is 11.4 Å². The highest BCUT2D eigenvalue weighted by atomic mass is 32.2. The number of aryl methyl sites for hydroxylation is 1. The number of nitrogens with zero attached hydrogens (tertiary/aromatic N) is 11. The summed E-state index contributed by atoms with van der Waals surface area (Å²) < 4.78 is 38.4. The van der Waals surface area contributed by atoms with Crippen LogP contribution in [0, 0.1) is 18.3 Å². The van der Waals surface area contributed by atoms with Gasteiger partial charge in [0.1, 0.15) is 11.6 Å². The Kier molecular flexibility index (Phi) is 8.40. The Morgan fingerprint density at radius 1 is 1.23 bits per heavy atom. The molecule has 20 nitrogen and oxygen atoms in total. The van der Waals surface area contributed by atoms with Crippen LogP contribution in [0.5, 0.6) is 6.01 Å². The summed E-state index contributed by atoms with van der Waals surface area (Å²) >= 11 is 2.08. The van der Waals surface area contributed by atoms with E-state index in [4.69, 9.17) is 15.5 Å². The number of nitriles is 1. The minimum absolute atomic E-state index is 0.0267. The van der Waals surface area contributed by atoms with Crippen LogP contribution < -0.4 is 11.1 Å². The van der Waals surface area contributed by atoms with Crippen molar-refractivity contribution < 1.29 is 32.7 Å². The van der Waals surface area contributed by atoms with Gasteiger partial charge in [-0.3, -0.25) is 4.55 Å². The zero-order valence-corrected chi connectivity index (χ0v) is 23.9. The fourth-order valence-corrected chi connectivity index (χ4v) is 5.21. The number of rotatable bonds is 11. The number of nitrogens with one attached hydrogen (secondary N) is 1. The van der Waals surface area contributed by atoms with Gasteiger partial charge in [-0.1, -0.05) is 16.4 Å². The average Bonchev–Trinajstić information content (AvgIpc) is 3.64. The third kappa shape index (κ3) is 6.81. The maximum absolute atomic E-state index is 10.9. The number of aromatic nitrogens is 8. The molecule has 43 heavy (non-hydrogen) atoms. The first-order chi connectivity index (χ1) is 20.5. The Bertz CT molecular complexity index is 2000. The molecular formula is C20H17N13O7S3. The van der Waals surface area contributed by atoms with E-state index >= 15 is 0 Å². The Morgan fingerprint density at radius 3 is 2.79 bits per heavy atom. The van der Waals surface area contributed by atoms with Crippen LogP contribution in [0.25, 0.3) is 21.3 Å². The molecule has 222 valence electrons. The van der Waals surface area contributed by atoms with Gasteiger partial charge in [-0.25, -0.2) is 14.9 Å². The van der Waals surface area contributed by atoms with Crippen molar-refractivity contribution in [3.8, 4) is 23.2 Å². The monoisotopic (exact) mass is 647 g/mol. The predicted octanol–water partition coefficient (Wildman–Crippen LogP) is 2.46. The third-order valence-corrected chi connectivity index (χ3v) is 7.58. The molecule has 23 heteroatoms. The number of anilines is 2. The van der Waals surface area contributed by atoms with E-state index in [-0.39, 0.29) is 47.0 Å². The van der Waals surface area contributed by atoms with Crippen LogP contribution in [-0.2, 0) is 19.5 Å². The van der Waals surface area contributed by atoms with E-state index in [0.717, 1.165) is 21.4 Å². The number of hydrogen-bond donors (Lipinski definition) is 5. The highest BCUT2D eigenvalue weighted by molar-refractivity contribution is 7.94. The number of nitrogens with two attached hydrogens (primary N) is 1. The predicted molar refractivity (Wildman–Crippen MR) is 149 cm³/mol. The molecule has 0 fully saturated rings. The molecular weight excluding hydrogens is 631 g/mol. The lowest BCUT2D eigenvalue weighted by Gasteiger charge is -2.06. The lowest BCUT2D eigenvalue weighted by molar-refractivity contribution is -0.432. The Hall–Kier alpha value is -4.83. The summed E-state index contributed by atoms with van der Waals surface area (Å²) in [7, 11) is -4.24. The number of aromatic hydroxyl groups is 1. The molecule has 1 aromatic carbocycles. The molecule has 0 aliphatic heterocycles. The molecule has 0 unspecified atom stereocenters. The van der Waals surface area contributed by atoms with Gasteiger partial charge in [0.15, 0.2) is 11.5 Å². The van der Waals surface area contributed by atoms with Crippen LogP contribution in [0.2, 0.25) is 0 Å². The van der Waals surface area contributed by atoms with Crippen LogP contribution in [0.3, 0.4) is 0 Å². The molecule has 0 spiro atoms. The fourth-order valence-electron chi connectivity index (χ4n) is 3.44. The molecule has 0 saturated heterocycles. The Labute approximate surface area is 248 Å². The number of fused-ring (bicyclic) bond motifs is 1. The van der Waals surface area contributed by atoms with Crippen molar-refractivity contribution in [1.29, 1.82) is 5.26 Å². The van der Waals surface area contributed by atoms with E-state index in [9.17, 15) is 18.8 Å². The van der Waals surface area contributed by atoms with Crippen molar-refractivity contribution in [1.82, 2.24) is 39.5 Å². The lowest BCUT2D eigenvalue weighted by atomic mass is 10.3.